The lowest BCUT2D eigenvalue weighted by Gasteiger charge is -2.38. The third-order valence-corrected chi connectivity index (χ3v) is 6.63. The molecule has 4 rings (SSSR count). The number of hydrogen-bond acceptors (Lipinski definition) is 5. The number of benzene rings is 1. The van der Waals surface area contributed by atoms with Crippen LogP contribution in [-0.4, -0.2) is 33.8 Å². The molecule has 2 unspecified atom stereocenters. The molecule has 0 aliphatic carbocycles. The highest BCUT2D eigenvalue weighted by Gasteiger charge is 2.31. The van der Waals surface area contributed by atoms with E-state index in [2.05, 4.69) is 24.1 Å². The summed E-state index contributed by atoms with van der Waals surface area (Å²) in [6.45, 7) is 4.64. The second kappa shape index (κ2) is 9.47. The molecule has 2 atom stereocenters. The highest BCUT2D eigenvalue weighted by Crippen LogP contribution is 2.26. The SMILES string of the molecule is CC1CCCC(C)N1C(=O)c1coc(-c2ccc(CNC(=O)Cc3cccs3)cc2)n1. The van der Waals surface area contributed by atoms with Crippen LogP contribution < -0.4 is 5.32 Å². The smallest absolute Gasteiger partial charge is 0.276 e. The van der Waals surface area contributed by atoms with Crippen molar-refractivity contribution in [3.63, 3.8) is 0 Å². The van der Waals surface area contributed by atoms with E-state index in [9.17, 15) is 9.59 Å². The van der Waals surface area contributed by atoms with Crippen LogP contribution in [0.25, 0.3) is 11.5 Å². The third kappa shape index (κ3) is 5.05. The summed E-state index contributed by atoms with van der Waals surface area (Å²) in [6, 6.07) is 12.0. The van der Waals surface area contributed by atoms with Crippen molar-refractivity contribution in [2.75, 3.05) is 0 Å². The van der Waals surface area contributed by atoms with Gasteiger partial charge in [-0.25, -0.2) is 4.98 Å². The van der Waals surface area contributed by atoms with Gasteiger partial charge in [-0.2, -0.15) is 0 Å². The second-order valence-corrected chi connectivity index (χ2v) is 9.14. The predicted molar refractivity (Wildman–Crippen MR) is 121 cm³/mol. The number of carbonyl (C=O) groups is 2. The Bertz CT molecular complexity index is 1020. The molecule has 1 aliphatic rings. The van der Waals surface area contributed by atoms with Gasteiger partial charge in [0.25, 0.3) is 5.91 Å². The van der Waals surface area contributed by atoms with Crippen LogP contribution in [0.4, 0.5) is 0 Å². The highest BCUT2D eigenvalue weighted by atomic mass is 32.1. The average molecular weight is 438 g/mol. The minimum Gasteiger partial charge on any atom is -0.444 e. The molecule has 7 heteroatoms. The molecule has 3 aromatic rings. The van der Waals surface area contributed by atoms with Crippen LogP contribution >= 0.6 is 11.3 Å². The molecule has 162 valence electrons. The zero-order chi connectivity index (χ0) is 21.8. The normalized spacial score (nSPS) is 18.7. The number of aromatic nitrogens is 1. The lowest BCUT2D eigenvalue weighted by atomic mass is 9.97. The molecular weight excluding hydrogens is 410 g/mol. The summed E-state index contributed by atoms with van der Waals surface area (Å²) >= 11 is 1.58. The van der Waals surface area contributed by atoms with Crippen LogP contribution in [0.1, 0.15) is 54.0 Å². The Labute approximate surface area is 186 Å². The van der Waals surface area contributed by atoms with Crippen LogP contribution in [0.2, 0.25) is 0 Å². The summed E-state index contributed by atoms with van der Waals surface area (Å²) in [7, 11) is 0. The first kappa shape index (κ1) is 21.3. The Balaban J connectivity index is 1.36. The quantitative estimate of drug-likeness (QED) is 0.608. The van der Waals surface area contributed by atoms with Crippen molar-refractivity contribution >= 4 is 23.2 Å². The third-order valence-electron chi connectivity index (χ3n) is 5.76. The van der Waals surface area contributed by atoms with Gasteiger partial charge in [0.15, 0.2) is 5.69 Å². The zero-order valence-electron chi connectivity index (χ0n) is 17.8. The molecule has 1 saturated heterocycles. The van der Waals surface area contributed by atoms with Crippen molar-refractivity contribution in [2.24, 2.45) is 0 Å². The molecule has 0 spiro atoms. The fourth-order valence-corrected chi connectivity index (χ4v) is 4.76. The highest BCUT2D eigenvalue weighted by molar-refractivity contribution is 7.10. The van der Waals surface area contributed by atoms with Gasteiger partial charge in [-0.3, -0.25) is 9.59 Å². The molecule has 0 bridgehead atoms. The van der Waals surface area contributed by atoms with Gasteiger partial charge in [0.1, 0.15) is 6.26 Å². The van der Waals surface area contributed by atoms with Crippen molar-refractivity contribution < 1.29 is 14.0 Å². The zero-order valence-corrected chi connectivity index (χ0v) is 18.7. The predicted octanol–water partition coefficient (Wildman–Crippen LogP) is 4.67. The van der Waals surface area contributed by atoms with Crippen molar-refractivity contribution in [3.05, 3.63) is 64.2 Å². The first-order valence-electron chi connectivity index (χ1n) is 10.7. The molecule has 3 heterocycles. The van der Waals surface area contributed by atoms with Crippen LogP contribution in [-0.2, 0) is 17.8 Å². The molecule has 6 nitrogen and oxygen atoms in total. The maximum Gasteiger partial charge on any atom is 0.276 e. The summed E-state index contributed by atoms with van der Waals surface area (Å²) in [5, 5.41) is 4.91. The van der Waals surface area contributed by atoms with Gasteiger partial charge in [-0.1, -0.05) is 18.2 Å². The first-order chi connectivity index (χ1) is 15.0. The van der Waals surface area contributed by atoms with Gasteiger partial charge >= 0.3 is 0 Å². The van der Waals surface area contributed by atoms with E-state index in [-0.39, 0.29) is 23.9 Å². The average Bonchev–Trinajstić information content (AvgIpc) is 3.45. The maximum atomic E-state index is 12.9. The molecule has 0 radical (unpaired) electrons. The van der Waals surface area contributed by atoms with Crippen LogP contribution in [0, 0.1) is 0 Å². The van der Waals surface area contributed by atoms with Gasteiger partial charge in [0, 0.05) is 29.1 Å². The Morgan fingerprint density at radius 1 is 1.16 bits per heavy atom. The van der Waals surface area contributed by atoms with E-state index in [1.807, 2.05) is 46.7 Å². The lowest BCUT2D eigenvalue weighted by molar-refractivity contribution is -0.120. The molecule has 0 saturated carbocycles. The molecular formula is C24H27N3O3S. The van der Waals surface area contributed by atoms with Crippen LogP contribution in [0.5, 0.6) is 0 Å². The summed E-state index contributed by atoms with van der Waals surface area (Å²) in [6.07, 6.45) is 5.04. The van der Waals surface area contributed by atoms with Gasteiger partial charge in [-0.05, 0) is 62.3 Å². The summed E-state index contributed by atoms with van der Waals surface area (Å²) < 4.78 is 5.60. The van der Waals surface area contributed by atoms with Gasteiger partial charge in [-0.15, -0.1) is 11.3 Å². The van der Waals surface area contributed by atoms with Crippen molar-refractivity contribution in [1.29, 1.82) is 0 Å². The fraction of sp³-hybridized carbons (Fsp3) is 0.375. The van der Waals surface area contributed by atoms with Crippen LogP contribution in [0.15, 0.2) is 52.5 Å². The molecule has 2 amide bonds. The summed E-state index contributed by atoms with van der Waals surface area (Å²) in [5.74, 6) is 0.359. The number of piperidine rings is 1. The molecule has 1 aromatic carbocycles. The van der Waals surface area contributed by atoms with E-state index in [1.54, 1.807) is 11.3 Å². The molecule has 1 N–H and O–H groups in total. The number of oxazole rings is 1. The molecule has 31 heavy (non-hydrogen) atoms. The number of thiophene rings is 1. The monoisotopic (exact) mass is 437 g/mol. The van der Waals surface area contributed by atoms with Gasteiger partial charge in [0.2, 0.25) is 11.8 Å². The minimum absolute atomic E-state index is 0.00329. The van der Waals surface area contributed by atoms with Crippen molar-refractivity contribution in [2.45, 2.75) is 58.2 Å². The lowest BCUT2D eigenvalue weighted by Crippen LogP contribution is -2.47. The number of nitrogens with one attached hydrogen (secondary N) is 1. The van der Waals surface area contributed by atoms with Crippen molar-refractivity contribution in [3.8, 4) is 11.5 Å². The maximum absolute atomic E-state index is 12.9. The van der Waals surface area contributed by atoms with E-state index in [1.165, 1.54) is 6.26 Å². The van der Waals surface area contributed by atoms with E-state index < -0.39 is 0 Å². The standard InChI is InChI=1S/C24H27N3O3S/c1-16-5-3-6-17(2)27(16)24(29)21-15-30-23(26-21)19-10-8-18(9-11-19)14-25-22(28)13-20-7-4-12-31-20/h4,7-12,15-17H,3,5-6,13-14H2,1-2H3,(H,25,28). The molecule has 1 fully saturated rings. The Morgan fingerprint density at radius 3 is 2.58 bits per heavy atom. The van der Waals surface area contributed by atoms with E-state index >= 15 is 0 Å². The number of hydrogen-bond donors (Lipinski definition) is 1. The number of likely N-dealkylation sites (tertiary alicyclic amines) is 1. The minimum atomic E-state index is -0.0697. The van der Waals surface area contributed by atoms with E-state index in [0.29, 0.717) is 24.6 Å². The topological polar surface area (TPSA) is 75.4 Å². The number of carbonyl (C=O) groups excluding carboxylic acids is 2. The Morgan fingerprint density at radius 2 is 1.90 bits per heavy atom. The van der Waals surface area contributed by atoms with E-state index in [4.69, 9.17) is 4.42 Å². The summed E-state index contributed by atoms with van der Waals surface area (Å²) in [4.78, 5) is 32.4. The number of amides is 2. The van der Waals surface area contributed by atoms with Crippen LogP contribution in [0.3, 0.4) is 0 Å². The molecule has 2 aromatic heterocycles. The van der Waals surface area contributed by atoms with Gasteiger partial charge < -0.3 is 14.6 Å². The summed E-state index contributed by atoms with van der Waals surface area (Å²) in [5.41, 5.74) is 2.13. The van der Waals surface area contributed by atoms with Crippen molar-refractivity contribution in [1.82, 2.24) is 15.2 Å². The molecule has 1 aliphatic heterocycles. The second-order valence-electron chi connectivity index (χ2n) is 8.11. The number of nitrogens with zero attached hydrogens (tertiary/aromatic N) is 2. The number of rotatable bonds is 6. The van der Waals surface area contributed by atoms with Gasteiger partial charge in [0.05, 0.1) is 6.42 Å². The Kier molecular flexibility index (Phi) is 6.51. The Hall–Kier alpha value is -2.93. The largest absolute Gasteiger partial charge is 0.444 e. The van der Waals surface area contributed by atoms with E-state index in [0.717, 1.165) is 35.3 Å². The fourth-order valence-electron chi connectivity index (χ4n) is 4.06. The first-order valence-corrected chi connectivity index (χ1v) is 11.6.